The predicted molar refractivity (Wildman–Crippen MR) is 109 cm³/mol. The minimum atomic E-state index is -3.55. The Morgan fingerprint density at radius 1 is 1.25 bits per heavy atom. The summed E-state index contributed by atoms with van der Waals surface area (Å²) in [7, 11) is 1.69. The number of sulfone groups is 1. The van der Waals surface area contributed by atoms with Crippen molar-refractivity contribution in [2.24, 2.45) is 5.41 Å². The van der Waals surface area contributed by atoms with Gasteiger partial charge in [-0.15, -0.1) is 0 Å². The quantitative estimate of drug-likeness (QED) is 0.731. The molecule has 0 radical (unpaired) electrons. The molecule has 3 rings (SSSR count). The van der Waals surface area contributed by atoms with E-state index < -0.39 is 15.1 Å². The third kappa shape index (κ3) is 3.92. The van der Waals surface area contributed by atoms with Crippen molar-refractivity contribution < 1.29 is 17.9 Å². The molecule has 1 aromatic rings. The Balaban J connectivity index is 2.02. The first-order chi connectivity index (χ1) is 13.4. The van der Waals surface area contributed by atoms with Crippen LogP contribution < -0.4 is 10.1 Å². The van der Waals surface area contributed by atoms with Gasteiger partial charge in [0.2, 0.25) is 5.88 Å². The van der Waals surface area contributed by atoms with Crippen molar-refractivity contribution in [1.29, 1.82) is 0 Å². The minimum absolute atomic E-state index is 0.0141. The van der Waals surface area contributed by atoms with Crippen LogP contribution in [0.25, 0.3) is 0 Å². The molecule has 8 heteroatoms. The van der Waals surface area contributed by atoms with Gasteiger partial charge in [-0.1, -0.05) is 0 Å². The maximum atomic E-state index is 14.0. The molecule has 1 N–H and O–H groups in total. The summed E-state index contributed by atoms with van der Waals surface area (Å²) in [6.45, 7) is 4.82. The van der Waals surface area contributed by atoms with Crippen LogP contribution in [0.1, 0.15) is 31.4 Å². The molecule has 0 amide bonds. The van der Waals surface area contributed by atoms with E-state index in [2.05, 4.69) is 15.2 Å². The summed E-state index contributed by atoms with van der Waals surface area (Å²) < 4.78 is 38.3. The number of pyridine rings is 1. The number of nitrogens with zero attached hydrogens (tertiary/aromatic N) is 2. The van der Waals surface area contributed by atoms with E-state index in [0.29, 0.717) is 23.1 Å². The highest BCUT2D eigenvalue weighted by Crippen LogP contribution is 2.51. The lowest BCUT2D eigenvalue weighted by molar-refractivity contribution is 0.130. The molecule has 1 saturated heterocycles. The third-order valence-electron chi connectivity index (χ3n) is 6.57. The Kier molecular flexibility index (Phi) is 6.64. The van der Waals surface area contributed by atoms with Gasteiger partial charge in [0, 0.05) is 25.8 Å². The van der Waals surface area contributed by atoms with Gasteiger partial charge >= 0.3 is 0 Å². The number of aryl methyl sites for hydroxylation is 1. The van der Waals surface area contributed by atoms with Crippen molar-refractivity contribution in [2.75, 3.05) is 47.5 Å². The molecule has 2 atom stereocenters. The largest absolute Gasteiger partial charge is 0.481 e. The van der Waals surface area contributed by atoms with Crippen LogP contribution in [0.5, 0.6) is 5.88 Å². The van der Waals surface area contributed by atoms with Gasteiger partial charge in [0.1, 0.15) is 0 Å². The second-order valence-electron chi connectivity index (χ2n) is 8.09. The van der Waals surface area contributed by atoms with Crippen LogP contribution >= 0.6 is 0 Å². The van der Waals surface area contributed by atoms with Crippen molar-refractivity contribution in [2.45, 2.75) is 48.8 Å². The molecule has 2 heterocycles. The number of aromatic nitrogens is 1. The van der Waals surface area contributed by atoms with E-state index in [1.807, 2.05) is 7.05 Å². The summed E-state index contributed by atoms with van der Waals surface area (Å²) in [5.41, 5.74) is 0.330. The van der Waals surface area contributed by atoms with E-state index in [4.69, 9.17) is 9.47 Å². The standard InChI is InChI=1S/C20H33N3O4S/c1-15-17(5-6-18(22-15)27-4)28(24,25)19-16(23(2)13-14-26-3)7-8-20(19)9-11-21-12-10-20/h5-6,16,19,21H,7-14H2,1-4H3. The molecule has 2 unspecified atom stereocenters. The second-order valence-corrected chi connectivity index (χ2v) is 10.1. The summed E-state index contributed by atoms with van der Waals surface area (Å²) in [4.78, 5) is 6.85. The van der Waals surface area contributed by atoms with Crippen LogP contribution in [0.2, 0.25) is 0 Å². The van der Waals surface area contributed by atoms with E-state index in [1.165, 1.54) is 7.11 Å². The lowest BCUT2D eigenvalue weighted by atomic mass is 9.77. The van der Waals surface area contributed by atoms with E-state index in [-0.39, 0.29) is 11.5 Å². The molecule has 1 spiro atoms. The fourth-order valence-electron chi connectivity index (χ4n) is 5.06. The number of methoxy groups -OCH3 is 2. The highest BCUT2D eigenvalue weighted by Gasteiger charge is 2.56. The maximum absolute atomic E-state index is 14.0. The van der Waals surface area contributed by atoms with Gasteiger partial charge in [-0.25, -0.2) is 13.4 Å². The lowest BCUT2D eigenvalue weighted by Crippen LogP contribution is -2.52. The smallest absolute Gasteiger partial charge is 0.213 e. The normalized spacial score (nSPS) is 24.8. The first kappa shape index (κ1) is 21.5. The molecule has 28 heavy (non-hydrogen) atoms. The zero-order chi connectivity index (χ0) is 20.4. The highest BCUT2D eigenvalue weighted by atomic mass is 32.2. The predicted octanol–water partition coefficient (Wildman–Crippen LogP) is 1.65. The molecular formula is C20H33N3O4S. The summed E-state index contributed by atoms with van der Waals surface area (Å²) in [6, 6.07) is 3.29. The monoisotopic (exact) mass is 411 g/mol. The Bertz CT molecular complexity index is 778. The highest BCUT2D eigenvalue weighted by molar-refractivity contribution is 7.92. The zero-order valence-electron chi connectivity index (χ0n) is 17.4. The fraction of sp³-hybridized carbons (Fsp3) is 0.750. The molecule has 158 valence electrons. The minimum Gasteiger partial charge on any atom is -0.481 e. The van der Waals surface area contributed by atoms with E-state index in [9.17, 15) is 8.42 Å². The number of hydrogen-bond acceptors (Lipinski definition) is 7. The SMILES string of the molecule is COCCN(C)C1CCC2(CCNCC2)C1S(=O)(=O)c1ccc(OC)nc1C. The number of ether oxygens (including phenoxy) is 2. The van der Waals surface area contributed by atoms with E-state index in [0.717, 1.165) is 45.3 Å². The molecule has 2 fully saturated rings. The van der Waals surface area contributed by atoms with Gasteiger partial charge in [-0.3, -0.25) is 4.90 Å². The summed E-state index contributed by atoms with van der Waals surface area (Å²) >= 11 is 0. The number of piperidine rings is 1. The third-order valence-corrected chi connectivity index (χ3v) is 9.09. The molecule has 1 aliphatic heterocycles. The Morgan fingerprint density at radius 2 is 1.96 bits per heavy atom. The Morgan fingerprint density at radius 3 is 2.57 bits per heavy atom. The second kappa shape index (κ2) is 8.65. The van der Waals surface area contributed by atoms with Crippen LogP contribution in [0.15, 0.2) is 17.0 Å². The first-order valence-corrected chi connectivity index (χ1v) is 11.6. The van der Waals surface area contributed by atoms with Crippen molar-refractivity contribution in [1.82, 2.24) is 15.2 Å². The fourth-order valence-corrected chi connectivity index (χ4v) is 7.82. The number of nitrogens with one attached hydrogen (secondary N) is 1. The molecule has 2 aliphatic rings. The van der Waals surface area contributed by atoms with Crippen molar-refractivity contribution in [3.63, 3.8) is 0 Å². The van der Waals surface area contributed by atoms with Crippen LogP contribution in [0.4, 0.5) is 0 Å². The summed E-state index contributed by atoms with van der Waals surface area (Å²) in [5, 5.41) is 2.96. The van der Waals surface area contributed by atoms with Gasteiger partial charge in [-0.2, -0.15) is 0 Å². The molecule has 7 nitrogen and oxygen atoms in total. The first-order valence-electron chi connectivity index (χ1n) is 10.0. The van der Waals surface area contributed by atoms with Crippen LogP contribution in [0.3, 0.4) is 0 Å². The number of rotatable bonds is 7. The van der Waals surface area contributed by atoms with Crippen LogP contribution in [-0.2, 0) is 14.6 Å². The zero-order valence-corrected chi connectivity index (χ0v) is 18.2. The topological polar surface area (TPSA) is 80.8 Å². The molecule has 0 bridgehead atoms. The number of likely N-dealkylation sites (N-methyl/N-ethyl adjacent to an activating group) is 1. The van der Waals surface area contributed by atoms with Gasteiger partial charge in [0.25, 0.3) is 0 Å². The van der Waals surface area contributed by atoms with Crippen LogP contribution in [-0.4, -0.2) is 77.1 Å². The van der Waals surface area contributed by atoms with E-state index >= 15 is 0 Å². The Hall–Kier alpha value is -1.22. The lowest BCUT2D eigenvalue weighted by Gasteiger charge is -2.42. The molecule has 1 aliphatic carbocycles. The number of hydrogen-bond donors (Lipinski definition) is 1. The van der Waals surface area contributed by atoms with Gasteiger partial charge < -0.3 is 14.8 Å². The molecule has 1 saturated carbocycles. The van der Waals surface area contributed by atoms with Gasteiger partial charge in [-0.05, 0) is 64.2 Å². The van der Waals surface area contributed by atoms with Crippen LogP contribution in [0, 0.1) is 12.3 Å². The van der Waals surface area contributed by atoms with Crippen molar-refractivity contribution >= 4 is 9.84 Å². The summed E-state index contributed by atoms with van der Waals surface area (Å²) in [6.07, 6.45) is 3.64. The van der Waals surface area contributed by atoms with Crippen molar-refractivity contribution in [3.05, 3.63) is 17.8 Å². The summed E-state index contributed by atoms with van der Waals surface area (Å²) in [5.74, 6) is 0.438. The average molecular weight is 412 g/mol. The average Bonchev–Trinajstić information content (AvgIpc) is 3.05. The maximum Gasteiger partial charge on any atom is 0.213 e. The van der Waals surface area contributed by atoms with Gasteiger partial charge in [0.05, 0.1) is 29.6 Å². The van der Waals surface area contributed by atoms with Gasteiger partial charge in [0.15, 0.2) is 9.84 Å². The molecular weight excluding hydrogens is 378 g/mol. The van der Waals surface area contributed by atoms with E-state index in [1.54, 1.807) is 26.2 Å². The molecule has 1 aromatic heterocycles. The Labute approximate surface area is 168 Å². The molecule has 0 aromatic carbocycles. The van der Waals surface area contributed by atoms with Crippen molar-refractivity contribution in [3.8, 4) is 5.88 Å².